The fraction of sp³-hybridized carbons (Fsp3) is 0.0833. The molecule has 0 saturated heterocycles. The van der Waals surface area contributed by atoms with Crippen LogP contribution in [0.1, 0.15) is 17.2 Å². The molecule has 1 aromatic heterocycles. The topological polar surface area (TPSA) is 38.9 Å². The first-order chi connectivity index (χ1) is 7.70. The molecule has 2 N–H and O–H groups in total. The molecule has 4 heteroatoms. The summed E-state index contributed by atoms with van der Waals surface area (Å²) in [6, 6.07) is 7.37. The van der Waals surface area contributed by atoms with Crippen LogP contribution in [0.25, 0.3) is 11.3 Å². The number of benzene rings is 1. The van der Waals surface area contributed by atoms with Gasteiger partial charge in [0.1, 0.15) is 0 Å². The zero-order valence-corrected chi connectivity index (χ0v) is 9.76. The molecule has 0 amide bonds. The van der Waals surface area contributed by atoms with Crippen molar-refractivity contribution in [1.82, 2.24) is 4.98 Å². The highest BCUT2D eigenvalue weighted by Crippen LogP contribution is 2.46. The molecular weight excluding hydrogens is 243 g/mol. The van der Waals surface area contributed by atoms with Gasteiger partial charge in [-0.3, -0.25) is 4.98 Å². The standard InChI is InChI=1S/C12H8Cl2N2/c13-8-4-3-6-9(10(8)14)12-7(11(6)15)2-1-5-16-12/h1-5,11H,15H2. The van der Waals surface area contributed by atoms with E-state index >= 15 is 0 Å². The van der Waals surface area contributed by atoms with Crippen molar-refractivity contribution < 1.29 is 0 Å². The van der Waals surface area contributed by atoms with Crippen LogP contribution >= 0.6 is 23.2 Å². The maximum absolute atomic E-state index is 6.20. The molecule has 1 unspecified atom stereocenters. The number of rotatable bonds is 0. The first kappa shape index (κ1) is 10.1. The maximum Gasteiger partial charge on any atom is 0.0772 e. The molecule has 80 valence electrons. The lowest BCUT2D eigenvalue weighted by Gasteiger charge is -2.06. The van der Waals surface area contributed by atoms with Crippen molar-refractivity contribution in [3.05, 3.63) is 51.6 Å². The first-order valence-corrected chi connectivity index (χ1v) is 5.64. The van der Waals surface area contributed by atoms with Gasteiger partial charge in [0.15, 0.2) is 0 Å². The SMILES string of the molecule is NC1c2cccnc2-c2c1ccc(Cl)c2Cl. The predicted molar refractivity (Wildman–Crippen MR) is 65.7 cm³/mol. The van der Waals surface area contributed by atoms with Crippen molar-refractivity contribution in [2.24, 2.45) is 5.73 Å². The van der Waals surface area contributed by atoms with E-state index in [0.29, 0.717) is 10.0 Å². The fourth-order valence-corrected chi connectivity index (χ4v) is 2.53. The van der Waals surface area contributed by atoms with E-state index in [9.17, 15) is 0 Å². The number of nitrogens with zero attached hydrogens (tertiary/aromatic N) is 1. The second-order valence-corrected chi connectivity index (χ2v) is 4.53. The number of aromatic nitrogens is 1. The number of hydrogen-bond donors (Lipinski definition) is 1. The van der Waals surface area contributed by atoms with Crippen molar-refractivity contribution in [3.8, 4) is 11.3 Å². The van der Waals surface area contributed by atoms with E-state index in [1.165, 1.54) is 0 Å². The van der Waals surface area contributed by atoms with E-state index in [-0.39, 0.29) is 6.04 Å². The monoisotopic (exact) mass is 250 g/mol. The highest BCUT2D eigenvalue weighted by molar-refractivity contribution is 6.44. The lowest BCUT2D eigenvalue weighted by Crippen LogP contribution is -2.07. The summed E-state index contributed by atoms with van der Waals surface area (Å²) < 4.78 is 0. The molecule has 1 atom stereocenters. The molecule has 16 heavy (non-hydrogen) atoms. The van der Waals surface area contributed by atoms with Gasteiger partial charge in [0, 0.05) is 11.8 Å². The molecule has 3 rings (SSSR count). The Labute approximate surface area is 103 Å². The summed E-state index contributed by atoms with van der Waals surface area (Å²) >= 11 is 12.2. The van der Waals surface area contributed by atoms with Gasteiger partial charge in [0.25, 0.3) is 0 Å². The zero-order valence-electron chi connectivity index (χ0n) is 8.24. The summed E-state index contributed by atoms with van der Waals surface area (Å²) in [5.41, 5.74) is 9.84. The third-order valence-corrected chi connectivity index (χ3v) is 3.68. The Morgan fingerprint density at radius 2 is 1.94 bits per heavy atom. The van der Waals surface area contributed by atoms with Gasteiger partial charge in [-0.2, -0.15) is 0 Å². The number of nitrogens with two attached hydrogens (primary N) is 1. The molecule has 0 bridgehead atoms. The van der Waals surface area contributed by atoms with Gasteiger partial charge in [-0.25, -0.2) is 0 Å². The van der Waals surface area contributed by atoms with Crippen LogP contribution in [-0.2, 0) is 0 Å². The van der Waals surface area contributed by atoms with Crippen LogP contribution < -0.4 is 5.73 Å². The van der Waals surface area contributed by atoms with Crippen molar-refractivity contribution >= 4 is 23.2 Å². The average Bonchev–Trinajstić information content (AvgIpc) is 2.59. The minimum atomic E-state index is -0.159. The Balaban J connectivity index is 2.40. The van der Waals surface area contributed by atoms with Gasteiger partial charge in [-0.1, -0.05) is 35.3 Å². The summed E-state index contributed by atoms with van der Waals surface area (Å²) in [5, 5.41) is 1.07. The number of fused-ring (bicyclic) bond motifs is 3. The minimum absolute atomic E-state index is 0.159. The van der Waals surface area contributed by atoms with Gasteiger partial charge in [-0.15, -0.1) is 0 Å². The second-order valence-electron chi connectivity index (χ2n) is 3.74. The Kier molecular flexibility index (Phi) is 2.18. The van der Waals surface area contributed by atoms with Crippen molar-refractivity contribution in [3.63, 3.8) is 0 Å². The number of halogens is 2. The van der Waals surface area contributed by atoms with E-state index in [0.717, 1.165) is 22.4 Å². The largest absolute Gasteiger partial charge is 0.320 e. The Hall–Kier alpha value is -1.09. The number of pyridine rings is 1. The van der Waals surface area contributed by atoms with E-state index in [4.69, 9.17) is 28.9 Å². The molecule has 1 aliphatic rings. The van der Waals surface area contributed by atoms with Crippen LogP contribution in [0.4, 0.5) is 0 Å². The smallest absolute Gasteiger partial charge is 0.0772 e. The number of hydrogen-bond acceptors (Lipinski definition) is 2. The van der Waals surface area contributed by atoms with E-state index in [1.807, 2.05) is 18.2 Å². The van der Waals surface area contributed by atoms with Crippen LogP contribution in [0.15, 0.2) is 30.5 Å². The molecular formula is C12H8Cl2N2. The summed E-state index contributed by atoms with van der Waals surface area (Å²) in [4.78, 5) is 4.33. The Morgan fingerprint density at radius 3 is 2.75 bits per heavy atom. The second kappa shape index (κ2) is 3.45. The lowest BCUT2D eigenvalue weighted by atomic mass is 10.1. The van der Waals surface area contributed by atoms with Crippen molar-refractivity contribution in [1.29, 1.82) is 0 Å². The van der Waals surface area contributed by atoms with Gasteiger partial charge in [-0.05, 0) is 23.3 Å². The lowest BCUT2D eigenvalue weighted by molar-refractivity contribution is 0.897. The van der Waals surface area contributed by atoms with Gasteiger partial charge < -0.3 is 5.73 Å². The highest BCUT2D eigenvalue weighted by Gasteiger charge is 2.29. The third-order valence-electron chi connectivity index (χ3n) is 2.87. The van der Waals surface area contributed by atoms with E-state index in [1.54, 1.807) is 12.3 Å². The Bertz CT molecular complexity index is 581. The van der Waals surface area contributed by atoms with Crippen molar-refractivity contribution in [2.45, 2.75) is 6.04 Å². The maximum atomic E-state index is 6.20. The van der Waals surface area contributed by atoms with Crippen LogP contribution in [0.3, 0.4) is 0 Å². The van der Waals surface area contributed by atoms with Crippen molar-refractivity contribution in [2.75, 3.05) is 0 Å². The zero-order chi connectivity index (χ0) is 11.3. The molecule has 2 aromatic rings. The summed E-state index contributed by atoms with van der Waals surface area (Å²) in [6.45, 7) is 0. The molecule has 0 radical (unpaired) electrons. The van der Waals surface area contributed by atoms with Crippen LogP contribution in [0.5, 0.6) is 0 Å². The van der Waals surface area contributed by atoms with Crippen LogP contribution in [0.2, 0.25) is 10.0 Å². The highest BCUT2D eigenvalue weighted by atomic mass is 35.5. The molecule has 0 spiro atoms. The summed E-state index contributed by atoms with van der Waals surface area (Å²) in [7, 11) is 0. The van der Waals surface area contributed by atoms with E-state index < -0.39 is 0 Å². The van der Waals surface area contributed by atoms with E-state index in [2.05, 4.69) is 4.98 Å². The van der Waals surface area contributed by atoms with Gasteiger partial charge >= 0.3 is 0 Å². The quantitative estimate of drug-likeness (QED) is 0.779. The summed E-state index contributed by atoms with van der Waals surface area (Å²) in [6.07, 6.45) is 1.73. The van der Waals surface area contributed by atoms with Crippen LogP contribution in [-0.4, -0.2) is 4.98 Å². The Morgan fingerprint density at radius 1 is 1.12 bits per heavy atom. The van der Waals surface area contributed by atoms with Gasteiger partial charge in [0.05, 0.1) is 21.8 Å². The van der Waals surface area contributed by atoms with Crippen LogP contribution in [0, 0.1) is 0 Å². The average molecular weight is 251 g/mol. The molecule has 1 aromatic carbocycles. The first-order valence-electron chi connectivity index (χ1n) is 4.89. The summed E-state index contributed by atoms with van der Waals surface area (Å²) in [5.74, 6) is 0. The van der Waals surface area contributed by atoms with Gasteiger partial charge in [0.2, 0.25) is 0 Å². The minimum Gasteiger partial charge on any atom is -0.320 e. The molecule has 1 heterocycles. The fourth-order valence-electron chi connectivity index (χ4n) is 2.11. The third kappa shape index (κ3) is 1.21. The molecule has 0 saturated carbocycles. The molecule has 1 aliphatic carbocycles. The molecule has 0 aliphatic heterocycles. The normalized spacial score (nSPS) is 17.1. The molecule has 2 nitrogen and oxygen atoms in total. The predicted octanol–water partition coefficient (Wildman–Crippen LogP) is 3.42. The molecule has 0 fully saturated rings.